The fourth-order valence-corrected chi connectivity index (χ4v) is 5.54. The minimum Gasteiger partial charge on any atom is -0.497 e. The molecule has 9 nitrogen and oxygen atoms in total. The summed E-state index contributed by atoms with van der Waals surface area (Å²) in [7, 11) is -1.07. The maximum Gasteiger partial charge on any atom is 0.244 e. The minimum atomic E-state index is -3.96. The first-order valence-corrected chi connectivity index (χ1v) is 15.8. The van der Waals surface area contributed by atoms with Crippen LogP contribution in [0.3, 0.4) is 0 Å². The zero-order valence-corrected chi connectivity index (χ0v) is 26.0. The highest BCUT2D eigenvalue weighted by atomic mass is 35.5. The van der Waals surface area contributed by atoms with Crippen LogP contribution in [0.15, 0.2) is 72.8 Å². The molecule has 3 aromatic carbocycles. The van der Waals surface area contributed by atoms with Crippen LogP contribution < -0.4 is 19.1 Å². The highest BCUT2D eigenvalue weighted by Gasteiger charge is 2.33. The van der Waals surface area contributed by atoms with E-state index >= 15 is 0 Å². The summed E-state index contributed by atoms with van der Waals surface area (Å²) in [5.74, 6) is -0.211. The molecule has 0 aliphatic rings. The van der Waals surface area contributed by atoms with E-state index in [1.807, 2.05) is 43.3 Å². The molecule has 3 aromatic rings. The van der Waals surface area contributed by atoms with Crippen molar-refractivity contribution in [1.82, 2.24) is 10.2 Å². The number of amides is 2. The molecule has 0 saturated heterocycles. The van der Waals surface area contributed by atoms with Crippen LogP contribution in [0, 0.1) is 0 Å². The van der Waals surface area contributed by atoms with Gasteiger partial charge in [-0.1, -0.05) is 67.4 Å². The van der Waals surface area contributed by atoms with Crippen molar-refractivity contribution in [3.8, 4) is 11.5 Å². The topological polar surface area (TPSA) is 105 Å². The molecule has 0 aliphatic heterocycles. The average molecular weight is 616 g/mol. The Balaban J connectivity index is 2.07. The van der Waals surface area contributed by atoms with Gasteiger partial charge < -0.3 is 19.7 Å². The number of sulfonamides is 1. The van der Waals surface area contributed by atoms with Gasteiger partial charge in [-0.05, 0) is 41.8 Å². The molecule has 0 saturated carbocycles. The molecule has 2 amide bonds. The molecule has 1 N–H and O–H groups in total. The fourth-order valence-electron chi connectivity index (χ4n) is 4.48. The number of carbonyl (C=O) groups excluding carboxylic acids is 2. The van der Waals surface area contributed by atoms with Crippen LogP contribution in [-0.4, -0.2) is 64.7 Å². The summed E-state index contributed by atoms with van der Waals surface area (Å²) in [6.07, 6.45) is 2.92. The first-order chi connectivity index (χ1) is 20.1. The Morgan fingerprint density at radius 1 is 0.952 bits per heavy atom. The number of nitrogens with zero attached hydrogens (tertiary/aromatic N) is 2. The predicted molar refractivity (Wildman–Crippen MR) is 166 cm³/mol. The summed E-state index contributed by atoms with van der Waals surface area (Å²) < 4.78 is 37.8. The summed E-state index contributed by atoms with van der Waals surface area (Å²) in [4.78, 5) is 29.3. The molecule has 3 rings (SSSR count). The van der Waals surface area contributed by atoms with E-state index < -0.39 is 28.5 Å². The Morgan fingerprint density at radius 3 is 2.29 bits per heavy atom. The van der Waals surface area contributed by atoms with Gasteiger partial charge in [0, 0.05) is 30.6 Å². The van der Waals surface area contributed by atoms with Crippen LogP contribution in [0.4, 0.5) is 5.69 Å². The number of unbranched alkanes of at least 4 members (excludes halogenated alkanes) is 1. The van der Waals surface area contributed by atoms with Crippen molar-refractivity contribution in [2.45, 2.75) is 38.8 Å². The fraction of sp³-hybridized carbons (Fsp3) is 0.355. The second kappa shape index (κ2) is 15.5. The molecule has 11 heteroatoms. The number of carbonyl (C=O) groups is 2. The lowest BCUT2D eigenvalue weighted by Gasteiger charge is -2.33. The van der Waals surface area contributed by atoms with Gasteiger partial charge in [0.1, 0.15) is 24.1 Å². The number of benzene rings is 3. The third-order valence-corrected chi connectivity index (χ3v) is 8.04. The first kappa shape index (κ1) is 32.8. The van der Waals surface area contributed by atoms with Gasteiger partial charge in [-0.25, -0.2) is 8.42 Å². The van der Waals surface area contributed by atoms with E-state index in [9.17, 15) is 18.0 Å². The molecule has 0 bridgehead atoms. The molecule has 0 heterocycles. The van der Waals surface area contributed by atoms with Crippen molar-refractivity contribution in [1.29, 1.82) is 0 Å². The van der Waals surface area contributed by atoms with Gasteiger partial charge in [0.15, 0.2) is 0 Å². The smallest absolute Gasteiger partial charge is 0.244 e. The number of ether oxygens (including phenoxy) is 2. The molecule has 0 fully saturated rings. The van der Waals surface area contributed by atoms with Gasteiger partial charge in [-0.15, -0.1) is 0 Å². The van der Waals surface area contributed by atoms with Crippen LogP contribution in [0.1, 0.15) is 30.9 Å². The normalized spacial score (nSPS) is 11.8. The van der Waals surface area contributed by atoms with E-state index in [0.717, 1.165) is 29.0 Å². The van der Waals surface area contributed by atoms with E-state index in [2.05, 4.69) is 5.32 Å². The number of rotatable bonds is 15. The summed E-state index contributed by atoms with van der Waals surface area (Å²) in [5, 5.41) is 3.44. The number of anilines is 1. The Morgan fingerprint density at radius 2 is 1.67 bits per heavy atom. The predicted octanol–water partition coefficient (Wildman–Crippen LogP) is 4.68. The van der Waals surface area contributed by atoms with Crippen molar-refractivity contribution < 1.29 is 27.5 Å². The molecule has 0 spiro atoms. The Kier molecular flexibility index (Phi) is 12.1. The van der Waals surface area contributed by atoms with Gasteiger partial charge >= 0.3 is 0 Å². The van der Waals surface area contributed by atoms with Crippen LogP contribution in [0.25, 0.3) is 0 Å². The van der Waals surface area contributed by atoms with Gasteiger partial charge in [-0.3, -0.25) is 13.9 Å². The van der Waals surface area contributed by atoms with Crippen LogP contribution >= 0.6 is 11.6 Å². The van der Waals surface area contributed by atoms with E-state index in [1.165, 1.54) is 25.2 Å². The molecule has 1 unspecified atom stereocenters. The zero-order chi connectivity index (χ0) is 30.7. The molecule has 0 aliphatic carbocycles. The second-order valence-corrected chi connectivity index (χ2v) is 12.2. The zero-order valence-electron chi connectivity index (χ0n) is 24.4. The Hall–Kier alpha value is -3.76. The number of hydrogen-bond donors (Lipinski definition) is 1. The Bertz CT molecular complexity index is 1450. The largest absolute Gasteiger partial charge is 0.497 e. The molecular formula is C31H38ClN3O6S. The van der Waals surface area contributed by atoms with E-state index in [-0.39, 0.29) is 30.3 Å². The van der Waals surface area contributed by atoms with Crippen LogP contribution in [-0.2, 0) is 32.6 Å². The van der Waals surface area contributed by atoms with Crippen molar-refractivity contribution in [3.63, 3.8) is 0 Å². The molecule has 42 heavy (non-hydrogen) atoms. The molecular weight excluding hydrogens is 578 g/mol. The number of hydrogen-bond acceptors (Lipinski definition) is 6. The maximum atomic E-state index is 14.2. The van der Waals surface area contributed by atoms with Gasteiger partial charge in [0.25, 0.3) is 0 Å². The van der Waals surface area contributed by atoms with Gasteiger partial charge in [0.05, 0.1) is 26.2 Å². The summed E-state index contributed by atoms with van der Waals surface area (Å²) >= 11 is 6.25. The molecule has 1 atom stereocenters. The lowest BCUT2D eigenvalue weighted by Crippen LogP contribution is -2.53. The monoisotopic (exact) mass is 615 g/mol. The highest BCUT2D eigenvalue weighted by molar-refractivity contribution is 7.92. The minimum absolute atomic E-state index is 0.0371. The molecule has 0 aromatic heterocycles. The van der Waals surface area contributed by atoms with Crippen LogP contribution in [0.5, 0.6) is 11.5 Å². The quantitative estimate of drug-likeness (QED) is 0.249. The number of methoxy groups -OCH3 is 2. The third-order valence-electron chi connectivity index (χ3n) is 6.68. The van der Waals surface area contributed by atoms with Crippen molar-refractivity contribution >= 4 is 39.1 Å². The Labute approximate surface area is 253 Å². The van der Waals surface area contributed by atoms with Crippen molar-refractivity contribution in [2.24, 2.45) is 0 Å². The lowest BCUT2D eigenvalue weighted by molar-refractivity contribution is -0.140. The standard InChI is InChI=1S/C31H38ClN3O6S/c1-5-6-17-33-31(37)28(19-23-11-8-7-9-12-23)34(21-24-13-10-14-25(32)18-24)30(36)22-35(42(4,38)39)27-16-15-26(40-2)20-29(27)41-3/h7-16,18,20,28H,5-6,17,19,21-22H2,1-4H3,(H,33,37). The summed E-state index contributed by atoms with van der Waals surface area (Å²) in [6.45, 7) is 1.96. The highest BCUT2D eigenvalue weighted by Crippen LogP contribution is 2.34. The number of halogens is 1. The van der Waals surface area contributed by atoms with Crippen LogP contribution in [0.2, 0.25) is 5.02 Å². The summed E-state index contributed by atoms with van der Waals surface area (Å²) in [6, 6.07) is 20.1. The summed E-state index contributed by atoms with van der Waals surface area (Å²) in [5.41, 5.74) is 1.72. The van der Waals surface area contributed by atoms with Gasteiger partial charge in [-0.2, -0.15) is 0 Å². The SMILES string of the molecule is CCCCNC(=O)C(Cc1ccccc1)N(Cc1cccc(Cl)c1)C(=O)CN(c1ccc(OC)cc1OC)S(C)(=O)=O. The van der Waals surface area contributed by atoms with E-state index in [4.69, 9.17) is 21.1 Å². The average Bonchev–Trinajstić information content (AvgIpc) is 2.97. The third kappa shape index (κ3) is 9.12. The van der Waals surface area contributed by atoms with E-state index in [1.54, 1.807) is 30.3 Å². The van der Waals surface area contributed by atoms with E-state index in [0.29, 0.717) is 22.9 Å². The lowest BCUT2D eigenvalue weighted by atomic mass is 10.0. The van der Waals surface area contributed by atoms with Crippen molar-refractivity contribution in [3.05, 3.63) is 88.9 Å². The molecule has 0 radical (unpaired) electrons. The second-order valence-electron chi connectivity index (χ2n) is 9.81. The number of nitrogens with one attached hydrogen (secondary N) is 1. The van der Waals surface area contributed by atoms with Crippen molar-refractivity contribution in [2.75, 3.05) is 37.9 Å². The maximum absolute atomic E-state index is 14.2. The molecule has 226 valence electrons. The van der Waals surface area contributed by atoms with Gasteiger partial charge in [0.2, 0.25) is 21.8 Å². The first-order valence-electron chi connectivity index (χ1n) is 13.6.